The molecule has 9 nitrogen and oxygen atoms in total. The summed E-state index contributed by atoms with van der Waals surface area (Å²) in [5.41, 5.74) is 3.51. The van der Waals surface area contributed by atoms with Crippen LogP contribution in [0.15, 0.2) is 30.5 Å². The first-order chi connectivity index (χ1) is 16.4. The van der Waals surface area contributed by atoms with E-state index >= 15 is 0 Å². The molecule has 186 valence electrons. The summed E-state index contributed by atoms with van der Waals surface area (Å²) in [5, 5.41) is 8.95. The van der Waals surface area contributed by atoms with E-state index in [-0.39, 0.29) is 19.5 Å². The Morgan fingerprint density at radius 1 is 1.31 bits per heavy atom. The predicted molar refractivity (Wildman–Crippen MR) is 127 cm³/mol. The van der Waals surface area contributed by atoms with E-state index in [4.69, 9.17) is 5.21 Å². The Hall–Kier alpha value is -3.20. The van der Waals surface area contributed by atoms with Crippen molar-refractivity contribution in [1.82, 2.24) is 19.8 Å². The van der Waals surface area contributed by atoms with E-state index in [1.165, 1.54) is 27.9 Å². The number of carbonyl (C=O) groups excluding carboxylic acids is 2. The highest BCUT2D eigenvalue weighted by molar-refractivity contribution is 7.92. The molecule has 1 saturated heterocycles. The number of halogens is 1. The molecule has 2 aliphatic rings. The van der Waals surface area contributed by atoms with Gasteiger partial charge in [0.05, 0.1) is 6.54 Å². The third-order valence-electron chi connectivity index (χ3n) is 6.75. The lowest BCUT2D eigenvalue weighted by molar-refractivity contribution is -0.131. The van der Waals surface area contributed by atoms with Gasteiger partial charge in [0.2, 0.25) is 0 Å². The van der Waals surface area contributed by atoms with Crippen molar-refractivity contribution in [2.45, 2.75) is 24.6 Å². The van der Waals surface area contributed by atoms with E-state index < -0.39 is 32.3 Å². The molecular weight excluding hydrogens is 475 g/mol. The number of aromatic nitrogens is 1. The zero-order chi connectivity index (χ0) is 25.5. The Morgan fingerprint density at radius 3 is 2.60 bits per heavy atom. The van der Waals surface area contributed by atoms with Gasteiger partial charge in [-0.3, -0.25) is 14.6 Å². The molecule has 0 bridgehead atoms. The lowest BCUT2D eigenvalue weighted by Gasteiger charge is -2.32. The second-order valence-electron chi connectivity index (χ2n) is 9.37. The van der Waals surface area contributed by atoms with E-state index in [9.17, 15) is 22.4 Å². The molecule has 1 fully saturated rings. The van der Waals surface area contributed by atoms with Gasteiger partial charge in [-0.05, 0) is 38.6 Å². The van der Waals surface area contributed by atoms with Crippen LogP contribution in [0.1, 0.15) is 24.6 Å². The SMILES string of the molecule is CN1CC(C#Cc2ccc(-c3cc4n(c3)C(=O)N(CCC(C)(C(=O)NO)S(C)(=O)=O)C4)c(F)c2)C1. The van der Waals surface area contributed by atoms with Crippen LogP contribution in [0.3, 0.4) is 0 Å². The smallest absolute Gasteiger partial charge is 0.318 e. The maximum absolute atomic E-state index is 14.8. The van der Waals surface area contributed by atoms with Gasteiger partial charge in [0.25, 0.3) is 5.91 Å². The molecule has 3 heterocycles. The van der Waals surface area contributed by atoms with Crippen LogP contribution in [-0.4, -0.2) is 77.6 Å². The minimum atomic E-state index is -3.87. The quantitative estimate of drug-likeness (QED) is 0.353. The van der Waals surface area contributed by atoms with Crippen molar-refractivity contribution in [3.05, 3.63) is 47.5 Å². The van der Waals surface area contributed by atoms with Gasteiger partial charge < -0.3 is 9.80 Å². The number of nitrogens with one attached hydrogen (secondary N) is 1. The second kappa shape index (κ2) is 9.11. The van der Waals surface area contributed by atoms with Gasteiger partial charge in [0.15, 0.2) is 14.6 Å². The Labute approximate surface area is 203 Å². The summed E-state index contributed by atoms with van der Waals surface area (Å²) in [6.07, 6.45) is 2.25. The molecular formula is C24H27FN4O5S. The fourth-order valence-corrected chi connectivity index (χ4v) is 5.13. The van der Waals surface area contributed by atoms with Crippen LogP contribution in [-0.2, 0) is 21.2 Å². The highest BCUT2D eigenvalue weighted by Gasteiger charge is 2.44. The Balaban J connectivity index is 1.46. The molecule has 0 spiro atoms. The van der Waals surface area contributed by atoms with Crippen LogP contribution in [0, 0.1) is 23.6 Å². The van der Waals surface area contributed by atoms with Crippen molar-refractivity contribution in [3.63, 3.8) is 0 Å². The number of hydrogen-bond acceptors (Lipinski definition) is 6. The number of hydroxylamine groups is 1. The van der Waals surface area contributed by atoms with E-state index in [2.05, 4.69) is 16.7 Å². The van der Waals surface area contributed by atoms with Crippen LogP contribution < -0.4 is 5.48 Å². The molecule has 1 aromatic heterocycles. The number of carbonyl (C=O) groups is 2. The first-order valence-electron chi connectivity index (χ1n) is 11.1. The predicted octanol–water partition coefficient (Wildman–Crippen LogP) is 1.69. The number of fused-ring (bicyclic) bond motifs is 1. The normalized spacial score (nSPS) is 17.9. The summed E-state index contributed by atoms with van der Waals surface area (Å²) in [5.74, 6) is 4.98. The number of nitrogens with zero attached hydrogens (tertiary/aromatic N) is 3. The topological polar surface area (TPSA) is 112 Å². The number of benzene rings is 1. The highest BCUT2D eigenvalue weighted by Crippen LogP contribution is 2.30. The Bertz CT molecular complexity index is 1350. The molecule has 0 aliphatic carbocycles. The molecule has 4 rings (SSSR count). The van der Waals surface area contributed by atoms with Gasteiger partial charge >= 0.3 is 6.03 Å². The first-order valence-corrected chi connectivity index (χ1v) is 13.0. The summed E-state index contributed by atoms with van der Waals surface area (Å²) >= 11 is 0. The monoisotopic (exact) mass is 502 g/mol. The molecule has 0 radical (unpaired) electrons. The van der Waals surface area contributed by atoms with Crippen molar-refractivity contribution in [2.24, 2.45) is 5.92 Å². The third-order valence-corrected chi connectivity index (χ3v) is 8.78. The Morgan fingerprint density at radius 2 is 2.03 bits per heavy atom. The molecule has 1 unspecified atom stereocenters. The van der Waals surface area contributed by atoms with E-state index in [0.717, 1.165) is 19.3 Å². The van der Waals surface area contributed by atoms with Crippen LogP contribution in [0.5, 0.6) is 0 Å². The molecule has 1 atom stereocenters. The zero-order valence-electron chi connectivity index (χ0n) is 19.7. The summed E-state index contributed by atoms with van der Waals surface area (Å²) in [4.78, 5) is 28.4. The van der Waals surface area contributed by atoms with Crippen LogP contribution in [0.4, 0.5) is 9.18 Å². The minimum Gasteiger partial charge on any atom is -0.318 e. The maximum atomic E-state index is 14.8. The third kappa shape index (κ3) is 4.69. The zero-order valence-corrected chi connectivity index (χ0v) is 20.5. The largest absolute Gasteiger partial charge is 0.328 e. The minimum absolute atomic E-state index is 0.0225. The van der Waals surface area contributed by atoms with E-state index in [1.54, 1.807) is 24.4 Å². The number of likely N-dealkylation sites (tertiary alicyclic amines) is 1. The van der Waals surface area contributed by atoms with Crippen LogP contribution >= 0.6 is 0 Å². The van der Waals surface area contributed by atoms with Crippen molar-refractivity contribution in [3.8, 4) is 23.0 Å². The average molecular weight is 503 g/mol. The van der Waals surface area contributed by atoms with Gasteiger partial charge in [0, 0.05) is 60.4 Å². The van der Waals surface area contributed by atoms with E-state index in [0.29, 0.717) is 28.3 Å². The molecule has 0 saturated carbocycles. The molecule has 2 amide bonds. The Kier molecular flexibility index (Phi) is 6.48. The molecule has 2 aromatic rings. The molecule has 1 aromatic carbocycles. The van der Waals surface area contributed by atoms with Crippen LogP contribution in [0.2, 0.25) is 0 Å². The van der Waals surface area contributed by atoms with Gasteiger partial charge in [-0.1, -0.05) is 17.9 Å². The number of rotatable bonds is 6. The van der Waals surface area contributed by atoms with Gasteiger partial charge in [-0.25, -0.2) is 23.1 Å². The van der Waals surface area contributed by atoms with Crippen LogP contribution in [0.25, 0.3) is 11.1 Å². The number of amides is 2. The average Bonchev–Trinajstić information content (AvgIpc) is 3.31. The van der Waals surface area contributed by atoms with Gasteiger partial charge in [0.1, 0.15) is 5.82 Å². The summed E-state index contributed by atoms with van der Waals surface area (Å²) < 4.78 is 38.6. The van der Waals surface area contributed by atoms with Gasteiger partial charge in [-0.2, -0.15) is 0 Å². The fraction of sp³-hybridized carbons (Fsp3) is 0.417. The molecule has 2 N–H and O–H groups in total. The van der Waals surface area contributed by atoms with Crippen molar-refractivity contribution >= 4 is 21.8 Å². The van der Waals surface area contributed by atoms with Crippen molar-refractivity contribution < 1.29 is 27.6 Å². The standard InChI is InChI=1S/C24H27FN4O5S/c1-24(22(30)26-32,35(3,33)34)8-9-28-15-19-11-18(14-29(19)23(28)31)20-7-6-16(10-21(20)25)4-5-17-12-27(2)13-17/h6-7,10-11,14,17,32H,8-9,12-13,15H2,1-3H3,(H,26,30). The molecule has 11 heteroatoms. The lowest BCUT2D eigenvalue weighted by Crippen LogP contribution is -2.50. The first kappa shape index (κ1) is 24.9. The highest BCUT2D eigenvalue weighted by atomic mass is 32.2. The summed E-state index contributed by atoms with van der Waals surface area (Å²) in [7, 11) is -1.85. The lowest BCUT2D eigenvalue weighted by atomic mass is 10.0. The number of sulfone groups is 1. The van der Waals surface area contributed by atoms with Crippen molar-refractivity contribution in [2.75, 3.05) is 32.9 Å². The summed E-state index contributed by atoms with van der Waals surface area (Å²) in [6.45, 7) is 3.19. The molecule has 2 aliphatic heterocycles. The maximum Gasteiger partial charge on any atom is 0.328 e. The molecule has 35 heavy (non-hydrogen) atoms. The van der Waals surface area contributed by atoms with E-state index in [1.807, 2.05) is 7.05 Å². The summed E-state index contributed by atoms with van der Waals surface area (Å²) in [6, 6.07) is 6.09. The number of hydrogen-bond donors (Lipinski definition) is 2. The van der Waals surface area contributed by atoms with Crippen molar-refractivity contribution in [1.29, 1.82) is 0 Å². The fourth-order valence-electron chi connectivity index (χ4n) is 4.28. The van der Waals surface area contributed by atoms with Gasteiger partial charge in [-0.15, -0.1) is 0 Å². The second-order valence-corrected chi connectivity index (χ2v) is 11.8.